The van der Waals surface area contributed by atoms with Gasteiger partial charge in [0.1, 0.15) is 11.6 Å². The number of benzene rings is 1. The first kappa shape index (κ1) is 14.4. The van der Waals surface area contributed by atoms with Gasteiger partial charge in [0, 0.05) is 16.5 Å². The monoisotopic (exact) mass is 327 g/mol. The molecule has 0 fully saturated rings. The lowest BCUT2D eigenvalue weighted by Gasteiger charge is -2.28. The van der Waals surface area contributed by atoms with Crippen molar-refractivity contribution in [1.29, 1.82) is 0 Å². The molecule has 0 bridgehead atoms. The normalized spacial score (nSPS) is 22.7. The molecule has 1 aliphatic carbocycles. The Morgan fingerprint density at radius 2 is 2.13 bits per heavy atom. The van der Waals surface area contributed by atoms with E-state index in [4.69, 9.17) is 16.6 Å². The third-order valence-electron chi connectivity index (χ3n) is 4.39. The summed E-state index contributed by atoms with van der Waals surface area (Å²) >= 11 is 6.22. The van der Waals surface area contributed by atoms with E-state index in [2.05, 4.69) is 9.55 Å². The van der Waals surface area contributed by atoms with Gasteiger partial charge in [-0.05, 0) is 19.1 Å². The first-order chi connectivity index (χ1) is 11.1. The fourth-order valence-electron chi connectivity index (χ4n) is 3.35. The molecule has 2 aromatic rings. The van der Waals surface area contributed by atoms with Crippen LogP contribution in [0.4, 0.5) is 4.39 Å². The number of aryl methyl sites for hydroxylation is 1. The molecule has 23 heavy (non-hydrogen) atoms. The average molecular weight is 328 g/mol. The molecular formula is C18H15ClFN3. The van der Waals surface area contributed by atoms with Crippen molar-refractivity contribution >= 4 is 17.3 Å². The number of hydrogen-bond acceptors (Lipinski definition) is 2. The molecule has 2 heterocycles. The topological polar surface area (TPSA) is 30.2 Å². The number of rotatable bonds is 1. The predicted molar refractivity (Wildman–Crippen MR) is 89.2 cm³/mol. The van der Waals surface area contributed by atoms with E-state index >= 15 is 0 Å². The molecule has 2 unspecified atom stereocenters. The highest BCUT2D eigenvalue weighted by molar-refractivity contribution is 6.31. The highest BCUT2D eigenvalue weighted by atomic mass is 35.5. The van der Waals surface area contributed by atoms with Gasteiger partial charge in [0.15, 0.2) is 0 Å². The first-order valence-corrected chi connectivity index (χ1v) is 7.90. The van der Waals surface area contributed by atoms with E-state index in [1.807, 2.05) is 37.4 Å². The summed E-state index contributed by atoms with van der Waals surface area (Å²) in [5, 5.41) is 0.650. The van der Waals surface area contributed by atoms with Gasteiger partial charge in [-0.25, -0.2) is 9.37 Å². The number of fused-ring (bicyclic) bond motifs is 3. The average Bonchev–Trinajstić information content (AvgIpc) is 2.82. The summed E-state index contributed by atoms with van der Waals surface area (Å²) in [5.41, 5.74) is 2.30. The maximum absolute atomic E-state index is 14.3. The highest BCUT2D eigenvalue weighted by Crippen LogP contribution is 2.36. The molecule has 4 rings (SSSR count). The van der Waals surface area contributed by atoms with Crippen molar-refractivity contribution < 1.29 is 4.39 Å². The Labute approximate surface area is 138 Å². The summed E-state index contributed by atoms with van der Waals surface area (Å²) in [6, 6.07) is 6.77. The van der Waals surface area contributed by atoms with Crippen LogP contribution in [-0.2, 0) is 6.54 Å². The van der Waals surface area contributed by atoms with Crippen LogP contribution >= 0.6 is 11.6 Å². The van der Waals surface area contributed by atoms with Crippen molar-refractivity contribution in [3.05, 3.63) is 76.6 Å². The van der Waals surface area contributed by atoms with Crippen LogP contribution in [0, 0.1) is 18.7 Å². The molecule has 0 saturated carbocycles. The Kier molecular flexibility index (Phi) is 3.42. The lowest BCUT2D eigenvalue weighted by molar-refractivity contribution is 0.522. The molecule has 5 heteroatoms. The Hall–Kier alpha value is -2.20. The lowest BCUT2D eigenvalue weighted by Crippen LogP contribution is -2.26. The third-order valence-corrected chi connectivity index (χ3v) is 4.64. The van der Waals surface area contributed by atoms with Crippen LogP contribution < -0.4 is 0 Å². The van der Waals surface area contributed by atoms with E-state index in [1.54, 1.807) is 12.1 Å². The molecule has 2 aliphatic rings. The molecule has 0 radical (unpaired) electrons. The predicted octanol–water partition coefficient (Wildman–Crippen LogP) is 4.18. The molecule has 0 spiro atoms. The van der Waals surface area contributed by atoms with Gasteiger partial charge in [-0.1, -0.05) is 42.0 Å². The van der Waals surface area contributed by atoms with Crippen LogP contribution in [0.15, 0.2) is 58.7 Å². The second-order valence-electron chi connectivity index (χ2n) is 5.78. The van der Waals surface area contributed by atoms with E-state index in [-0.39, 0.29) is 17.8 Å². The van der Waals surface area contributed by atoms with Gasteiger partial charge in [-0.2, -0.15) is 0 Å². The summed E-state index contributed by atoms with van der Waals surface area (Å²) in [6.07, 6.45) is 7.73. The Morgan fingerprint density at radius 1 is 1.30 bits per heavy atom. The van der Waals surface area contributed by atoms with Crippen molar-refractivity contribution in [3.63, 3.8) is 0 Å². The molecule has 0 saturated heterocycles. The third kappa shape index (κ3) is 2.34. The zero-order valence-corrected chi connectivity index (χ0v) is 13.3. The van der Waals surface area contributed by atoms with E-state index in [9.17, 15) is 4.39 Å². The van der Waals surface area contributed by atoms with Crippen LogP contribution in [0.2, 0.25) is 0 Å². The minimum atomic E-state index is -0.259. The molecular weight excluding hydrogens is 313 g/mol. The van der Waals surface area contributed by atoms with Gasteiger partial charge in [0.25, 0.3) is 0 Å². The summed E-state index contributed by atoms with van der Waals surface area (Å²) in [7, 11) is 0. The van der Waals surface area contributed by atoms with Gasteiger partial charge in [0.05, 0.1) is 30.2 Å². The lowest BCUT2D eigenvalue weighted by atomic mass is 9.86. The standard InChI is InChI=1S/C18H15ClFN3/c1-11-21-9-13-10-22-18(14-4-2-3-5-16(14)20)15-8-12(19)6-7-17(15)23(11)13/h2-9,15,17H,10H2,1H3. The molecule has 0 N–H and O–H groups in total. The SMILES string of the molecule is Cc1ncc2n1C1C=CC(Cl)=CC1C(c1ccccc1F)=NC2. The second kappa shape index (κ2) is 5.46. The van der Waals surface area contributed by atoms with Gasteiger partial charge in [-0.15, -0.1) is 0 Å². The molecule has 2 atom stereocenters. The van der Waals surface area contributed by atoms with Crippen molar-refractivity contribution in [1.82, 2.24) is 9.55 Å². The van der Waals surface area contributed by atoms with Gasteiger partial charge < -0.3 is 4.57 Å². The largest absolute Gasteiger partial charge is 0.323 e. The van der Waals surface area contributed by atoms with Crippen molar-refractivity contribution in [2.24, 2.45) is 10.9 Å². The number of allylic oxidation sites excluding steroid dienone is 4. The highest BCUT2D eigenvalue weighted by Gasteiger charge is 2.32. The minimum Gasteiger partial charge on any atom is -0.323 e. The van der Waals surface area contributed by atoms with Crippen molar-refractivity contribution in [2.45, 2.75) is 19.5 Å². The number of aliphatic imine (C=N–C) groups is 1. The van der Waals surface area contributed by atoms with Crippen LogP contribution in [0.1, 0.15) is 23.1 Å². The van der Waals surface area contributed by atoms with Crippen molar-refractivity contribution in [3.8, 4) is 0 Å². The van der Waals surface area contributed by atoms with Gasteiger partial charge in [-0.3, -0.25) is 4.99 Å². The smallest absolute Gasteiger partial charge is 0.132 e. The van der Waals surface area contributed by atoms with E-state index in [0.29, 0.717) is 17.1 Å². The van der Waals surface area contributed by atoms with Crippen LogP contribution in [0.3, 0.4) is 0 Å². The fraction of sp³-hybridized carbons (Fsp3) is 0.222. The van der Waals surface area contributed by atoms with Crippen LogP contribution in [0.5, 0.6) is 0 Å². The number of imidazole rings is 1. The summed E-state index contributed by atoms with van der Waals surface area (Å²) < 4.78 is 16.5. The van der Waals surface area contributed by atoms with E-state index < -0.39 is 0 Å². The van der Waals surface area contributed by atoms with Crippen molar-refractivity contribution in [2.75, 3.05) is 0 Å². The van der Waals surface area contributed by atoms with E-state index in [1.165, 1.54) is 6.07 Å². The van der Waals surface area contributed by atoms with Crippen LogP contribution in [0.25, 0.3) is 0 Å². The summed E-state index contributed by atoms with van der Waals surface area (Å²) in [5.74, 6) is 0.556. The summed E-state index contributed by atoms with van der Waals surface area (Å²) in [6.45, 7) is 2.46. The van der Waals surface area contributed by atoms with Crippen LogP contribution in [-0.4, -0.2) is 15.3 Å². The molecule has 0 amide bonds. The molecule has 1 aliphatic heterocycles. The Morgan fingerprint density at radius 3 is 2.96 bits per heavy atom. The number of halogens is 2. The Bertz CT molecular complexity index is 863. The zero-order chi connectivity index (χ0) is 16.0. The first-order valence-electron chi connectivity index (χ1n) is 7.52. The molecule has 3 nitrogen and oxygen atoms in total. The second-order valence-corrected chi connectivity index (χ2v) is 6.21. The summed E-state index contributed by atoms with van der Waals surface area (Å²) in [4.78, 5) is 9.10. The quantitative estimate of drug-likeness (QED) is 0.772. The number of aromatic nitrogens is 2. The molecule has 116 valence electrons. The van der Waals surface area contributed by atoms with Gasteiger partial charge >= 0.3 is 0 Å². The van der Waals surface area contributed by atoms with Gasteiger partial charge in [0.2, 0.25) is 0 Å². The Balaban J connectivity index is 1.90. The fourth-order valence-corrected chi connectivity index (χ4v) is 3.56. The maximum atomic E-state index is 14.3. The maximum Gasteiger partial charge on any atom is 0.132 e. The number of hydrogen-bond donors (Lipinski definition) is 0. The zero-order valence-electron chi connectivity index (χ0n) is 12.6. The molecule has 1 aromatic heterocycles. The molecule has 1 aromatic carbocycles. The van der Waals surface area contributed by atoms with E-state index in [0.717, 1.165) is 17.2 Å². The minimum absolute atomic E-state index is 0.0101. The number of nitrogens with zero attached hydrogens (tertiary/aromatic N) is 3.